The maximum absolute atomic E-state index is 14.3. The van der Waals surface area contributed by atoms with E-state index in [1.54, 1.807) is 0 Å². The molecule has 0 saturated carbocycles. The van der Waals surface area contributed by atoms with Crippen LogP contribution in [0, 0.1) is 13.8 Å². The first-order valence-electron chi connectivity index (χ1n) is 20.1. The Bertz CT molecular complexity index is 2560. The second kappa shape index (κ2) is 13.5. The molecular weight excluding hydrogens is 669 g/mol. The number of anilines is 2. The summed E-state index contributed by atoms with van der Waals surface area (Å²) in [4.78, 5) is 33.1. The maximum atomic E-state index is 14.3. The zero-order chi connectivity index (χ0) is 38.1. The molecule has 4 aromatic carbocycles. The van der Waals surface area contributed by atoms with Crippen molar-refractivity contribution in [3.8, 4) is 22.3 Å². The Kier molecular flexibility index (Phi) is 9.02. The van der Waals surface area contributed by atoms with Gasteiger partial charge in [0.25, 0.3) is 0 Å². The monoisotopic (exact) mass is 722 g/mol. The highest BCUT2D eigenvalue weighted by Gasteiger charge is 2.42. The smallest absolute Gasteiger partial charge is 0.344 e. The molecule has 6 aromatic rings. The Morgan fingerprint density at radius 1 is 0.685 bits per heavy atom. The molecule has 2 aliphatic rings. The molecule has 0 radical (unpaired) electrons. The molecule has 0 bridgehead atoms. The van der Waals surface area contributed by atoms with Crippen molar-refractivity contribution in [1.29, 1.82) is 0 Å². The van der Waals surface area contributed by atoms with E-state index in [1.165, 1.54) is 11.3 Å². The molecule has 0 unspecified atom stereocenters. The molecule has 8 rings (SSSR count). The summed E-state index contributed by atoms with van der Waals surface area (Å²) in [6.45, 7) is 21.7. The van der Waals surface area contributed by atoms with Crippen molar-refractivity contribution >= 4 is 44.1 Å². The Morgan fingerprint density at radius 2 is 1.26 bits per heavy atom. The molecule has 6 heteroatoms. The zero-order valence-electron chi connectivity index (χ0n) is 33.4. The van der Waals surface area contributed by atoms with Crippen LogP contribution in [0.15, 0.2) is 79.1 Å². The highest BCUT2D eigenvalue weighted by atomic mass is 16.4. The van der Waals surface area contributed by atoms with Crippen molar-refractivity contribution in [3.63, 3.8) is 0 Å². The molecule has 2 aliphatic heterocycles. The van der Waals surface area contributed by atoms with Gasteiger partial charge in [-0.1, -0.05) is 78.6 Å². The lowest BCUT2D eigenvalue weighted by atomic mass is 9.69. The largest absolute Gasteiger partial charge is 0.422 e. The molecule has 0 spiro atoms. The summed E-state index contributed by atoms with van der Waals surface area (Å²) in [6, 6.07) is 20.8. The van der Waals surface area contributed by atoms with Crippen molar-refractivity contribution < 1.29 is 8.83 Å². The summed E-state index contributed by atoms with van der Waals surface area (Å²) in [6.07, 6.45) is 6.58. The fourth-order valence-corrected chi connectivity index (χ4v) is 9.20. The predicted molar refractivity (Wildman–Crippen MR) is 226 cm³/mol. The van der Waals surface area contributed by atoms with E-state index in [9.17, 15) is 9.59 Å². The van der Waals surface area contributed by atoms with Gasteiger partial charge in [0, 0.05) is 60.0 Å². The quantitative estimate of drug-likeness (QED) is 0.138. The van der Waals surface area contributed by atoms with Crippen molar-refractivity contribution in [2.75, 3.05) is 36.0 Å². The Balaban J connectivity index is 1.29. The van der Waals surface area contributed by atoms with E-state index in [1.807, 2.05) is 26.0 Å². The van der Waals surface area contributed by atoms with E-state index in [0.717, 1.165) is 120 Å². The highest BCUT2D eigenvalue weighted by molar-refractivity contribution is 6.07. The van der Waals surface area contributed by atoms with Crippen LogP contribution in [0.2, 0.25) is 0 Å². The van der Waals surface area contributed by atoms with E-state index in [4.69, 9.17) is 8.83 Å². The topological polar surface area (TPSA) is 66.9 Å². The van der Waals surface area contributed by atoms with Crippen LogP contribution < -0.4 is 21.1 Å². The van der Waals surface area contributed by atoms with E-state index in [2.05, 4.69) is 99.9 Å². The summed E-state index contributed by atoms with van der Waals surface area (Å²) < 4.78 is 12.6. The second-order valence-electron chi connectivity index (χ2n) is 17.2. The van der Waals surface area contributed by atoms with Crippen LogP contribution in [-0.4, -0.2) is 26.2 Å². The summed E-state index contributed by atoms with van der Waals surface area (Å²) in [5, 5.41) is 3.66. The Morgan fingerprint density at radius 3 is 1.87 bits per heavy atom. The van der Waals surface area contributed by atoms with Crippen LogP contribution >= 0.6 is 0 Å². The Labute approximate surface area is 318 Å². The van der Waals surface area contributed by atoms with Gasteiger partial charge in [-0.05, 0) is 119 Å². The van der Waals surface area contributed by atoms with Gasteiger partial charge >= 0.3 is 11.3 Å². The van der Waals surface area contributed by atoms with Gasteiger partial charge in [-0.2, -0.15) is 0 Å². The number of unbranched alkanes of at least 4 members (excludes halogenated alkanes) is 2. The zero-order valence-corrected chi connectivity index (χ0v) is 33.4. The third-order valence-electron chi connectivity index (χ3n) is 12.5. The number of rotatable bonds is 9. The lowest BCUT2D eigenvalue weighted by Crippen LogP contribution is -2.44. The molecule has 0 amide bonds. The summed E-state index contributed by atoms with van der Waals surface area (Å²) in [5.74, 6) is 0. The molecule has 0 atom stereocenters. The lowest BCUT2D eigenvalue weighted by molar-refractivity contribution is 0.398. The average molecular weight is 723 g/mol. The first kappa shape index (κ1) is 36.2. The SMILES string of the molecule is CCCCN(CCCC)c1ccc2cc(-c3c(C)ccc4c(-c5cc6cc7c8c(c6oc5=O)C(C)(C)CCN8CCC7(C)C)c(C)ccc34)c(=O)oc2c1. The third kappa shape index (κ3) is 5.93. The maximum Gasteiger partial charge on any atom is 0.344 e. The van der Waals surface area contributed by atoms with Crippen molar-refractivity contribution in [3.05, 3.63) is 104 Å². The fraction of sp³-hybridized carbons (Fsp3) is 0.417. The van der Waals surface area contributed by atoms with E-state index in [0.29, 0.717) is 22.3 Å². The standard InChI is InChI=1S/C48H54N2O4/c1-9-11-21-49(22-12-10-2)33-16-15-31-25-36(45(51)53-39(31)28-33)40-29(3)13-18-35-34(40)17-14-30(4)41(35)37-26-32-27-38-43-42(44(32)54-46(37)52)48(7,8)20-24-50(43)23-19-47(38,5)6/h13-18,25-28H,9-12,19-24H2,1-8H3. The van der Waals surface area contributed by atoms with E-state index in [-0.39, 0.29) is 22.1 Å². The fourth-order valence-electron chi connectivity index (χ4n) is 9.20. The van der Waals surface area contributed by atoms with Gasteiger partial charge < -0.3 is 18.6 Å². The minimum absolute atomic E-state index is 0.00623. The van der Waals surface area contributed by atoms with Crippen molar-refractivity contribution in [2.45, 2.75) is 105 Å². The lowest BCUT2D eigenvalue weighted by Gasteiger charge is -2.48. The van der Waals surface area contributed by atoms with Gasteiger partial charge in [0.15, 0.2) is 0 Å². The number of benzene rings is 4. The minimum Gasteiger partial charge on any atom is -0.422 e. The molecule has 2 aromatic heterocycles. The van der Waals surface area contributed by atoms with Gasteiger partial charge in [-0.3, -0.25) is 0 Å². The molecule has 54 heavy (non-hydrogen) atoms. The number of fused-ring (bicyclic) bond motifs is 4. The van der Waals surface area contributed by atoms with Crippen LogP contribution in [0.5, 0.6) is 0 Å². The first-order valence-corrected chi connectivity index (χ1v) is 20.1. The number of nitrogens with zero attached hydrogens (tertiary/aromatic N) is 2. The summed E-state index contributed by atoms with van der Waals surface area (Å²) >= 11 is 0. The first-order chi connectivity index (χ1) is 25.8. The normalized spacial score (nSPS) is 16.0. The Hall–Kier alpha value is -4.84. The predicted octanol–water partition coefficient (Wildman–Crippen LogP) is 11.6. The minimum atomic E-state index is -0.366. The van der Waals surface area contributed by atoms with Crippen molar-refractivity contribution in [1.82, 2.24) is 0 Å². The van der Waals surface area contributed by atoms with Crippen molar-refractivity contribution in [2.24, 2.45) is 0 Å². The molecule has 0 fully saturated rings. The second-order valence-corrected chi connectivity index (χ2v) is 17.2. The number of aryl methyl sites for hydroxylation is 2. The van der Waals surface area contributed by atoms with Gasteiger partial charge in [0.1, 0.15) is 11.2 Å². The molecule has 4 heterocycles. The molecule has 0 aliphatic carbocycles. The van der Waals surface area contributed by atoms with E-state index < -0.39 is 0 Å². The van der Waals surface area contributed by atoms with Crippen LogP contribution in [0.1, 0.15) is 102 Å². The van der Waals surface area contributed by atoms with Crippen LogP contribution in [0.4, 0.5) is 11.4 Å². The number of hydrogen-bond acceptors (Lipinski definition) is 6. The summed E-state index contributed by atoms with van der Waals surface area (Å²) in [5.41, 5.74) is 10.0. The average Bonchev–Trinajstić information content (AvgIpc) is 3.13. The number of hydrogen-bond donors (Lipinski definition) is 0. The molecule has 0 saturated heterocycles. The van der Waals surface area contributed by atoms with E-state index >= 15 is 0 Å². The molecule has 0 N–H and O–H groups in total. The van der Waals surface area contributed by atoms with Crippen LogP contribution in [0.3, 0.4) is 0 Å². The van der Waals surface area contributed by atoms with Gasteiger partial charge in [0.2, 0.25) is 0 Å². The molecular formula is C48H54N2O4. The molecule has 6 nitrogen and oxygen atoms in total. The van der Waals surface area contributed by atoms with Gasteiger partial charge in [-0.15, -0.1) is 0 Å². The summed E-state index contributed by atoms with van der Waals surface area (Å²) in [7, 11) is 0. The van der Waals surface area contributed by atoms with Crippen LogP contribution in [0.25, 0.3) is 55.0 Å². The van der Waals surface area contributed by atoms with Crippen LogP contribution in [-0.2, 0) is 10.8 Å². The highest BCUT2D eigenvalue weighted by Crippen LogP contribution is 2.52. The van der Waals surface area contributed by atoms with Gasteiger partial charge in [-0.25, -0.2) is 9.59 Å². The third-order valence-corrected chi connectivity index (χ3v) is 12.5. The van der Waals surface area contributed by atoms with Gasteiger partial charge in [0.05, 0.1) is 11.1 Å². The molecule has 280 valence electrons.